The normalized spacial score (nSPS) is 11.1. The highest BCUT2D eigenvalue weighted by Gasteiger charge is 2.28. The smallest absolute Gasteiger partial charge is 0.384 e. The number of aromatic nitrogens is 1. The molecule has 0 spiro atoms. The van der Waals surface area contributed by atoms with Gasteiger partial charge in [-0.2, -0.15) is 13.2 Å². The lowest BCUT2D eigenvalue weighted by Crippen LogP contribution is -2.34. The predicted molar refractivity (Wildman–Crippen MR) is 47.0 cm³/mol. The summed E-state index contributed by atoms with van der Waals surface area (Å²) in [6.45, 7) is -1.39. The highest BCUT2D eigenvalue weighted by molar-refractivity contribution is 5.92. The second-order valence-electron chi connectivity index (χ2n) is 2.75. The Balaban J connectivity index is 2.62. The fourth-order valence-electron chi connectivity index (χ4n) is 0.849. The van der Waals surface area contributed by atoms with Gasteiger partial charge < -0.3 is 11.1 Å². The summed E-state index contributed by atoms with van der Waals surface area (Å²) in [5.41, 5.74) is 5.13. The van der Waals surface area contributed by atoms with Crippen molar-refractivity contribution in [1.29, 1.82) is 0 Å². The van der Waals surface area contributed by atoms with Crippen LogP contribution in [0.15, 0.2) is 18.2 Å². The van der Waals surface area contributed by atoms with Gasteiger partial charge in [0, 0.05) is 0 Å². The number of amides is 1. The Morgan fingerprint density at radius 1 is 1.47 bits per heavy atom. The van der Waals surface area contributed by atoms with Crippen LogP contribution in [0.25, 0.3) is 0 Å². The minimum absolute atomic E-state index is 0.0784. The molecule has 0 aromatic carbocycles. The number of pyridine rings is 1. The van der Waals surface area contributed by atoms with Gasteiger partial charge in [-0.3, -0.25) is 4.79 Å². The lowest BCUT2D eigenvalue weighted by atomic mass is 10.3. The number of hydrogen-bond donors (Lipinski definition) is 2. The molecule has 4 nitrogen and oxygen atoms in total. The van der Waals surface area contributed by atoms with Crippen molar-refractivity contribution in [2.45, 2.75) is 6.18 Å². The lowest BCUT2D eigenvalue weighted by Gasteiger charge is -2.07. The molecule has 15 heavy (non-hydrogen) atoms. The van der Waals surface area contributed by atoms with Crippen LogP contribution in [-0.2, 0) is 0 Å². The van der Waals surface area contributed by atoms with E-state index in [0.29, 0.717) is 0 Å². The zero-order valence-electron chi connectivity index (χ0n) is 7.51. The lowest BCUT2D eigenvalue weighted by molar-refractivity contribution is -0.123. The summed E-state index contributed by atoms with van der Waals surface area (Å²) in [6, 6.07) is 4.15. The number of nitrogens with two attached hydrogens (primary N) is 1. The van der Waals surface area contributed by atoms with E-state index in [1.165, 1.54) is 18.2 Å². The van der Waals surface area contributed by atoms with E-state index < -0.39 is 18.6 Å². The average molecular weight is 219 g/mol. The first kappa shape index (κ1) is 11.3. The maximum absolute atomic E-state index is 11.8. The first-order chi connectivity index (χ1) is 6.88. The quantitative estimate of drug-likeness (QED) is 0.778. The van der Waals surface area contributed by atoms with Gasteiger partial charge in [-0.25, -0.2) is 4.98 Å². The minimum Gasteiger partial charge on any atom is -0.384 e. The zero-order chi connectivity index (χ0) is 11.5. The van der Waals surface area contributed by atoms with Crippen LogP contribution in [0.4, 0.5) is 19.0 Å². The van der Waals surface area contributed by atoms with Crippen molar-refractivity contribution in [1.82, 2.24) is 10.3 Å². The third kappa shape index (κ3) is 3.84. The van der Waals surface area contributed by atoms with E-state index in [-0.39, 0.29) is 11.5 Å². The van der Waals surface area contributed by atoms with Crippen molar-refractivity contribution in [3.05, 3.63) is 23.9 Å². The van der Waals surface area contributed by atoms with Gasteiger partial charge >= 0.3 is 6.18 Å². The molecule has 0 unspecified atom stereocenters. The van der Waals surface area contributed by atoms with Gasteiger partial charge in [0.15, 0.2) is 0 Å². The molecule has 1 amide bonds. The van der Waals surface area contributed by atoms with Crippen molar-refractivity contribution >= 4 is 11.7 Å². The summed E-state index contributed by atoms with van der Waals surface area (Å²) in [7, 11) is 0. The standard InChI is InChI=1S/C8H8F3N3O/c9-8(10,11)4-13-7(15)5-2-1-3-6(12)14-5/h1-3H,4H2,(H2,12,14)(H,13,15). The van der Waals surface area contributed by atoms with Gasteiger partial charge in [0.05, 0.1) is 0 Å². The molecule has 1 aromatic heterocycles. The van der Waals surface area contributed by atoms with Crippen molar-refractivity contribution in [2.24, 2.45) is 0 Å². The minimum atomic E-state index is -4.43. The highest BCUT2D eigenvalue weighted by atomic mass is 19.4. The molecule has 0 bridgehead atoms. The Bertz CT molecular complexity index is 364. The Morgan fingerprint density at radius 2 is 2.13 bits per heavy atom. The predicted octanol–water partition coefficient (Wildman–Crippen LogP) is 0.956. The first-order valence-corrected chi connectivity index (χ1v) is 3.96. The van der Waals surface area contributed by atoms with Crippen LogP contribution in [0.3, 0.4) is 0 Å². The molecule has 0 aliphatic carbocycles. The van der Waals surface area contributed by atoms with Crippen LogP contribution < -0.4 is 11.1 Å². The van der Waals surface area contributed by atoms with Gasteiger partial charge in [0.2, 0.25) is 0 Å². The van der Waals surface area contributed by atoms with E-state index in [1.807, 2.05) is 0 Å². The van der Waals surface area contributed by atoms with Crippen LogP contribution >= 0.6 is 0 Å². The van der Waals surface area contributed by atoms with E-state index >= 15 is 0 Å². The van der Waals surface area contributed by atoms with Gasteiger partial charge in [-0.1, -0.05) is 6.07 Å². The summed E-state index contributed by atoms with van der Waals surface area (Å²) in [5.74, 6) is -0.825. The topological polar surface area (TPSA) is 68.0 Å². The van der Waals surface area contributed by atoms with E-state index in [1.54, 1.807) is 5.32 Å². The molecule has 0 fully saturated rings. The number of nitrogen functional groups attached to an aromatic ring is 1. The zero-order valence-corrected chi connectivity index (χ0v) is 7.51. The van der Waals surface area contributed by atoms with Crippen LogP contribution in [0.1, 0.15) is 10.5 Å². The Labute approximate surface area is 83.3 Å². The number of alkyl halides is 3. The molecule has 7 heteroatoms. The monoisotopic (exact) mass is 219 g/mol. The number of carbonyl (C=O) groups excluding carboxylic acids is 1. The molecule has 3 N–H and O–H groups in total. The van der Waals surface area contributed by atoms with E-state index in [2.05, 4.69) is 4.98 Å². The molecule has 0 atom stereocenters. The number of nitrogens with one attached hydrogen (secondary N) is 1. The molecule has 0 saturated carbocycles. The van der Waals surface area contributed by atoms with Crippen LogP contribution in [0, 0.1) is 0 Å². The van der Waals surface area contributed by atoms with E-state index in [0.717, 1.165) is 0 Å². The number of nitrogens with zero attached hydrogens (tertiary/aromatic N) is 1. The maximum Gasteiger partial charge on any atom is 0.405 e. The molecular formula is C8H8F3N3O. The molecule has 82 valence electrons. The van der Waals surface area contributed by atoms with Crippen molar-refractivity contribution in [2.75, 3.05) is 12.3 Å². The average Bonchev–Trinajstić information content (AvgIpc) is 2.13. The third-order valence-corrected chi connectivity index (χ3v) is 1.45. The fraction of sp³-hybridized carbons (Fsp3) is 0.250. The van der Waals surface area contributed by atoms with Crippen LogP contribution in [0.2, 0.25) is 0 Å². The van der Waals surface area contributed by atoms with Gasteiger partial charge in [-0.15, -0.1) is 0 Å². The second-order valence-corrected chi connectivity index (χ2v) is 2.75. The van der Waals surface area contributed by atoms with Crippen molar-refractivity contribution < 1.29 is 18.0 Å². The number of halogens is 3. The van der Waals surface area contributed by atoms with Gasteiger partial charge in [0.1, 0.15) is 18.1 Å². The maximum atomic E-state index is 11.8. The van der Waals surface area contributed by atoms with E-state index in [4.69, 9.17) is 5.73 Å². The Kier molecular flexibility index (Phi) is 3.13. The van der Waals surface area contributed by atoms with Gasteiger partial charge in [-0.05, 0) is 12.1 Å². The Hall–Kier alpha value is -1.79. The molecular weight excluding hydrogens is 211 g/mol. The molecule has 0 saturated heterocycles. The molecule has 0 aliphatic heterocycles. The highest BCUT2D eigenvalue weighted by Crippen LogP contribution is 2.12. The number of rotatable bonds is 2. The number of carbonyl (C=O) groups is 1. The number of anilines is 1. The SMILES string of the molecule is Nc1cccc(C(=O)NCC(F)(F)F)n1. The first-order valence-electron chi connectivity index (χ1n) is 3.96. The summed E-state index contributed by atoms with van der Waals surface area (Å²) in [6.07, 6.45) is -4.43. The van der Waals surface area contributed by atoms with Crippen LogP contribution in [0.5, 0.6) is 0 Å². The fourth-order valence-corrected chi connectivity index (χ4v) is 0.849. The molecule has 1 heterocycles. The second kappa shape index (κ2) is 4.16. The molecule has 1 aromatic rings. The summed E-state index contributed by atoms with van der Waals surface area (Å²) >= 11 is 0. The van der Waals surface area contributed by atoms with Crippen molar-refractivity contribution in [3.63, 3.8) is 0 Å². The third-order valence-electron chi connectivity index (χ3n) is 1.45. The van der Waals surface area contributed by atoms with E-state index in [9.17, 15) is 18.0 Å². The van der Waals surface area contributed by atoms with Crippen LogP contribution in [-0.4, -0.2) is 23.6 Å². The van der Waals surface area contributed by atoms with Crippen molar-refractivity contribution in [3.8, 4) is 0 Å². The Morgan fingerprint density at radius 3 is 2.67 bits per heavy atom. The summed E-state index contributed by atoms with van der Waals surface area (Å²) < 4.78 is 35.3. The van der Waals surface area contributed by atoms with Gasteiger partial charge in [0.25, 0.3) is 5.91 Å². The summed E-state index contributed by atoms with van der Waals surface area (Å²) in [5, 5.41) is 1.68. The largest absolute Gasteiger partial charge is 0.405 e. The summed E-state index contributed by atoms with van der Waals surface area (Å²) in [4.78, 5) is 14.7. The molecule has 0 aliphatic rings. The molecule has 1 rings (SSSR count). The molecule has 0 radical (unpaired) electrons. The number of hydrogen-bond acceptors (Lipinski definition) is 3.